The molecule has 1 fully saturated rings. The van der Waals surface area contributed by atoms with Crippen molar-refractivity contribution in [1.82, 2.24) is 4.90 Å². The summed E-state index contributed by atoms with van der Waals surface area (Å²) in [6, 6.07) is 0. The van der Waals surface area contributed by atoms with Crippen molar-refractivity contribution in [3.8, 4) is 0 Å². The van der Waals surface area contributed by atoms with E-state index in [-0.39, 0.29) is 0 Å². The monoisotopic (exact) mass is 185 g/mol. The molecular formula is C10H23NSi. The first-order chi connectivity index (χ1) is 5.23. The zero-order valence-electron chi connectivity index (χ0n) is 9.44. The number of hydrogen-bond donors (Lipinski definition) is 0. The van der Waals surface area contributed by atoms with Crippen LogP contribution < -0.4 is 0 Å². The highest BCUT2D eigenvalue weighted by Crippen LogP contribution is 2.40. The summed E-state index contributed by atoms with van der Waals surface area (Å²) in [4.78, 5) is 2.52. The topological polar surface area (TPSA) is 3.24 Å². The van der Waals surface area contributed by atoms with Crippen molar-refractivity contribution >= 4 is 8.07 Å². The maximum atomic E-state index is 2.52. The molecule has 0 bridgehead atoms. The fourth-order valence-electron chi connectivity index (χ4n) is 1.98. The third kappa shape index (κ3) is 1.91. The zero-order chi connectivity index (χ0) is 9.57. The van der Waals surface area contributed by atoms with Gasteiger partial charge in [0.15, 0.2) is 0 Å². The van der Waals surface area contributed by atoms with Gasteiger partial charge in [0.1, 0.15) is 0 Å². The van der Waals surface area contributed by atoms with Gasteiger partial charge in [-0.15, -0.1) is 0 Å². The normalized spacial score (nSPS) is 31.0. The maximum Gasteiger partial charge on any atom is 0.0488 e. The molecule has 1 atom stereocenters. The average Bonchev–Trinajstić information content (AvgIpc) is 2.06. The summed E-state index contributed by atoms with van der Waals surface area (Å²) in [5.41, 5.74) is 1.45. The third-order valence-electron chi connectivity index (χ3n) is 3.50. The van der Waals surface area contributed by atoms with Gasteiger partial charge in [-0.1, -0.05) is 19.6 Å². The first-order valence-corrected chi connectivity index (χ1v) is 8.52. The highest BCUT2D eigenvalue weighted by Gasteiger charge is 2.41. The molecular weight excluding hydrogens is 162 g/mol. The summed E-state index contributed by atoms with van der Waals surface area (Å²) in [5, 5.41) is 0. The fourth-order valence-corrected chi connectivity index (χ4v) is 3.91. The lowest BCUT2D eigenvalue weighted by Gasteiger charge is -2.27. The number of hydrogen-bond acceptors (Lipinski definition) is 1. The van der Waals surface area contributed by atoms with Crippen molar-refractivity contribution in [2.75, 3.05) is 13.6 Å². The van der Waals surface area contributed by atoms with Gasteiger partial charge in [-0.25, -0.2) is 0 Å². The van der Waals surface area contributed by atoms with Crippen LogP contribution in [0.5, 0.6) is 0 Å². The van der Waals surface area contributed by atoms with Gasteiger partial charge in [0.25, 0.3) is 0 Å². The van der Waals surface area contributed by atoms with Crippen molar-refractivity contribution in [2.45, 2.75) is 51.0 Å². The number of nitrogens with zero attached hydrogens (tertiary/aromatic N) is 1. The molecule has 0 aromatic heterocycles. The minimum atomic E-state index is -0.896. The van der Waals surface area contributed by atoms with Crippen LogP contribution in [0.1, 0.15) is 20.3 Å². The molecule has 0 aliphatic carbocycles. The van der Waals surface area contributed by atoms with Crippen LogP contribution in [0.3, 0.4) is 0 Å². The molecule has 1 unspecified atom stereocenters. The van der Waals surface area contributed by atoms with Gasteiger partial charge in [0.05, 0.1) is 0 Å². The van der Waals surface area contributed by atoms with Crippen molar-refractivity contribution in [3.05, 3.63) is 0 Å². The van der Waals surface area contributed by atoms with E-state index in [1.54, 1.807) is 0 Å². The Kier molecular flexibility index (Phi) is 2.43. The molecule has 0 N–H and O–H groups in total. The Balaban J connectivity index is 2.67. The molecule has 1 aliphatic heterocycles. The van der Waals surface area contributed by atoms with Gasteiger partial charge in [0, 0.05) is 13.6 Å². The molecule has 2 heteroatoms. The van der Waals surface area contributed by atoms with Crippen LogP contribution in [0.4, 0.5) is 0 Å². The molecule has 72 valence electrons. The fraction of sp³-hybridized carbons (Fsp3) is 1.00. The molecule has 0 aromatic rings. The highest BCUT2D eigenvalue weighted by molar-refractivity contribution is 6.77. The lowest BCUT2D eigenvalue weighted by Crippen LogP contribution is -2.34. The smallest absolute Gasteiger partial charge is 0.0488 e. The highest BCUT2D eigenvalue weighted by atomic mass is 28.3. The molecule has 12 heavy (non-hydrogen) atoms. The average molecular weight is 185 g/mol. The molecule has 0 radical (unpaired) electrons. The summed E-state index contributed by atoms with van der Waals surface area (Å²) in [7, 11) is 1.37. The van der Waals surface area contributed by atoms with Crippen molar-refractivity contribution < 1.29 is 0 Å². The van der Waals surface area contributed by atoms with E-state index < -0.39 is 8.07 Å². The van der Waals surface area contributed by atoms with Gasteiger partial charge in [-0.3, -0.25) is 0 Å². The second-order valence-electron chi connectivity index (χ2n) is 5.96. The van der Waals surface area contributed by atoms with Crippen LogP contribution in [-0.2, 0) is 0 Å². The molecule has 1 aliphatic rings. The first kappa shape index (κ1) is 10.3. The SMILES string of the molecule is CN1CC([Si](C)(C)C)CC1(C)C. The van der Waals surface area contributed by atoms with Crippen molar-refractivity contribution in [2.24, 2.45) is 0 Å². The van der Waals surface area contributed by atoms with Gasteiger partial charge in [-0.05, 0) is 39.4 Å². The van der Waals surface area contributed by atoms with Gasteiger partial charge in [-0.2, -0.15) is 0 Å². The third-order valence-corrected chi connectivity index (χ3v) is 6.33. The quantitative estimate of drug-likeness (QED) is 0.568. The van der Waals surface area contributed by atoms with Crippen LogP contribution in [0.25, 0.3) is 0 Å². The minimum Gasteiger partial charge on any atom is -0.301 e. The van der Waals surface area contributed by atoms with E-state index in [9.17, 15) is 0 Å². The molecule has 0 saturated carbocycles. The van der Waals surface area contributed by atoms with Crippen LogP contribution in [-0.4, -0.2) is 32.1 Å². The summed E-state index contributed by atoms with van der Waals surface area (Å²) >= 11 is 0. The predicted octanol–water partition coefficient (Wildman–Crippen LogP) is 2.81. The molecule has 0 spiro atoms. The molecule has 0 aromatic carbocycles. The minimum absolute atomic E-state index is 0.449. The Morgan fingerprint density at radius 2 is 1.75 bits per heavy atom. The second kappa shape index (κ2) is 2.84. The van der Waals surface area contributed by atoms with Gasteiger partial charge < -0.3 is 4.90 Å². The summed E-state index contributed by atoms with van der Waals surface area (Å²) < 4.78 is 0. The maximum absolute atomic E-state index is 2.52. The summed E-state index contributed by atoms with van der Waals surface area (Å²) in [6.45, 7) is 13.5. The van der Waals surface area contributed by atoms with E-state index in [0.717, 1.165) is 5.54 Å². The van der Waals surface area contributed by atoms with E-state index in [4.69, 9.17) is 0 Å². The van der Waals surface area contributed by atoms with E-state index >= 15 is 0 Å². The lowest BCUT2D eigenvalue weighted by atomic mass is 10.0. The Bertz CT molecular complexity index is 169. The largest absolute Gasteiger partial charge is 0.301 e. The van der Waals surface area contributed by atoms with Crippen LogP contribution in [0, 0.1) is 0 Å². The predicted molar refractivity (Wildman–Crippen MR) is 58.4 cm³/mol. The number of likely N-dealkylation sites (tertiary alicyclic amines) is 1. The van der Waals surface area contributed by atoms with Crippen molar-refractivity contribution in [1.29, 1.82) is 0 Å². The summed E-state index contributed by atoms with van der Waals surface area (Å²) in [6.07, 6.45) is 1.40. The van der Waals surface area contributed by atoms with Crippen molar-refractivity contribution in [3.63, 3.8) is 0 Å². The Morgan fingerprint density at radius 1 is 1.25 bits per heavy atom. The zero-order valence-corrected chi connectivity index (χ0v) is 10.4. The van der Waals surface area contributed by atoms with E-state index in [1.807, 2.05) is 0 Å². The molecule has 1 rings (SSSR count). The standard InChI is InChI=1S/C10H23NSi/c1-10(2)7-9(8-11(10)3)12(4,5)6/h9H,7-8H2,1-6H3. The second-order valence-corrected chi connectivity index (χ2v) is 11.5. The van der Waals surface area contributed by atoms with Gasteiger partial charge >= 0.3 is 0 Å². The first-order valence-electron chi connectivity index (χ1n) is 4.95. The molecule has 0 amide bonds. The number of rotatable bonds is 1. The van der Waals surface area contributed by atoms with E-state index in [1.165, 1.54) is 13.0 Å². The Labute approximate surface area is 78.2 Å². The van der Waals surface area contributed by atoms with Gasteiger partial charge in [0.2, 0.25) is 0 Å². The molecule has 1 saturated heterocycles. The van der Waals surface area contributed by atoms with Crippen LogP contribution in [0.2, 0.25) is 25.2 Å². The molecule has 1 nitrogen and oxygen atoms in total. The lowest BCUT2D eigenvalue weighted by molar-refractivity contribution is 0.218. The molecule has 1 heterocycles. The summed E-state index contributed by atoms with van der Waals surface area (Å²) in [5.74, 6) is 0. The Morgan fingerprint density at radius 3 is 1.92 bits per heavy atom. The Hall–Kier alpha value is 0.177. The van der Waals surface area contributed by atoms with E-state index in [0.29, 0.717) is 5.54 Å². The van der Waals surface area contributed by atoms with Crippen LogP contribution in [0.15, 0.2) is 0 Å². The van der Waals surface area contributed by atoms with Crippen LogP contribution >= 0.6 is 0 Å². The van der Waals surface area contributed by atoms with E-state index in [2.05, 4.69) is 45.4 Å².